The summed E-state index contributed by atoms with van der Waals surface area (Å²) in [7, 11) is 1.56. The number of hydrogen-bond donors (Lipinski definition) is 1. The fourth-order valence-corrected chi connectivity index (χ4v) is 4.61. The first-order valence-corrected chi connectivity index (χ1v) is 11.3. The van der Waals surface area contributed by atoms with Gasteiger partial charge in [-0.1, -0.05) is 41.7 Å². The number of hydrogen-bond acceptors (Lipinski definition) is 6. The minimum absolute atomic E-state index is 0.0964. The van der Waals surface area contributed by atoms with Gasteiger partial charge in [-0.3, -0.25) is 14.9 Å². The molecule has 2 aromatic heterocycles. The summed E-state index contributed by atoms with van der Waals surface area (Å²) in [5.74, 6) is 0.164. The summed E-state index contributed by atoms with van der Waals surface area (Å²) >= 11 is 4.56. The number of carbonyl (C=O) groups excluding carboxylic acids is 2. The third kappa shape index (κ3) is 4.63. The van der Waals surface area contributed by atoms with Crippen LogP contribution in [0.25, 0.3) is 10.2 Å². The Kier molecular flexibility index (Phi) is 6.48. The van der Waals surface area contributed by atoms with Gasteiger partial charge in [-0.25, -0.2) is 9.97 Å². The Labute approximate surface area is 197 Å². The summed E-state index contributed by atoms with van der Waals surface area (Å²) in [6.07, 6.45) is 1.55. The first-order chi connectivity index (χ1) is 15.5. The molecule has 0 saturated carbocycles. The quantitative estimate of drug-likeness (QED) is 0.357. The highest BCUT2D eigenvalue weighted by Gasteiger charge is 2.21. The highest BCUT2D eigenvalue weighted by atomic mass is 79.9. The smallest absolute Gasteiger partial charge is 0.257 e. The first-order valence-electron chi connectivity index (χ1n) is 9.68. The maximum absolute atomic E-state index is 12.7. The number of ether oxygens (including phenoxy) is 1. The van der Waals surface area contributed by atoms with Crippen LogP contribution < -0.4 is 15.0 Å². The number of thiazole rings is 1. The molecular weight excluding hydrogens is 492 g/mol. The van der Waals surface area contributed by atoms with Gasteiger partial charge in [-0.2, -0.15) is 0 Å². The molecule has 162 valence electrons. The van der Waals surface area contributed by atoms with Crippen LogP contribution in [0.2, 0.25) is 0 Å². The van der Waals surface area contributed by atoms with Crippen LogP contribution in [0.3, 0.4) is 0 Å². The van der Waals surface area contributed by atoms with Crippen molar-refractivity contribution in [2.75, 3.05) is 17.3 Å². The van der Waals surface area contributed by atoms with Crippen molar-refractivity contribution >= 4 is 60.1 Å². The lowest BCUT2D eigenvalue weighted by atomic mass is 10.2. The Hall–Kier alpha value is -3.30. The molecule has 0 radical (unpaired) electrons. The topological polar surface area (TPSA) is 84.4 Å². The van der Waals surface area contributed by atoms with Crippen molar-refractivity contribution < 1.29 is 14.3 Å². The monoisotopic (exact) mass is 510 g/mol. The number of carbonyl (C=O) groups is 2. The van der Waals surface area contributed by atoms with Crippen LogP contribution >= 0.6 is 27.3 Å². The van der Waals surface area contributed by atoms with E-state index in [2.05, 4.69) is 31.2 Å². The molecule has 7 nitrogen and oxygen atoms in total. The molecule has 0 atom stereocenters. The first kappa shape index (κ1) is 21.9. The molecule has 4 rings (SSSR count). The van der Waals surface area contributed by atoms with Gasteiger partial charge in [0.1, 0.15) is 15.9 Å². The number of amides is 2. The number of halogens is 1. The van der Waals surface area contributed by atoms with Crippen molar-refractivity contribution in [1.82, 2.24) is 9.97 Å². The number of aromatic nitrogens is 2. The zero-order chi connectivity index (χ0) is 22.7. The second kappa shape index (κ2) is 9.46. The Bertz CT molecular complexity index is 1290. The Morgan fingerprint density at radius 1 is 1.16 bits per heavy atom. The van der Waals surface area contributed by atoms with Crippen LogP contribution in [0.4, 0.5) is 10.8 Å². The van der Waals surface area contributed by atoms with Gasteiger partial charge in [0.25, 0.3) is 5.91 Å². The standard InChI is InChI=1S/C23H19BrN4O3S/c1-14(29)28(13-15-6-4-3-5-7-15)17-8-9-18(31-2)20-21(17)32-23(26-20)27-22(30)16-10-11-25-19(24)12-16/h3-12H,13H2,1-2H3,(H,26,27,30). The average Bonchev–Trinajstić information content (AvgIpc) is 3.21. The number of rotatable bonds is 6. The van der Waals surface area contributed by atoms with E-state index in [9.17, 15) is 9.59 Å². The minimum atomic E-state index is -0.305. The number of nitrogens with one attached hydrogen (secondary N) is 1. The molecule has 0 aliphatic carbocycles. The second-order valence-electron chi connectivity index (χ2n) is 6.90. The van der Waals surface area contributed by atoms with E-state index >= 15 is 0 Å². The third-order valence-electron chi connectivity index (χ3n) is 4.77. The Morgan fingerprint density at radius 3 is 2.62 bits per heavy atom. The van der Waals surface area contributed by atoms with Gasteiger partial charge in [0.15, 0.2) is 5.13 Å². The zero-order valence-electron chi connectivity index (χ0n) is 17.3. The third-order valence-corrected chi connectivity index (χ3v) is 6.20. The van der Waals surface area contributed by atoms with E-state index in [0.29, 0.717) is 38.8 Å². The molecule has 0 aliphatic rings. The number of anilines is 2. The molecule has 0 fully saturated rings. The van der Waals surface area contributed by atoms with Crippen LogP contribution in [0.15, 0.2) is 65.4 Å². The van der Waals surface area contributed by atoms with Gasteiger partial charge in [0.2, 0.25) is 5.91 Å². The largest absolute Gasteiger partial charge is 0.494 e. The molecule has 0 aliphatic heterocycles. The number of methoxy groups -OCH3 is 1. The van der Waals surface area contributed by atoms with Crippen molar-refractivity contribution in [3.8, 4) is 5.75 Å². The Morgan fingerprint density at radius 2 is 1.94 bits per heavy atom. The summed E-state index contributed by atoms with van der Waals surface area (Å²) < 4.78 is 6.79. The van der Waals surface area contributed by atoms with Gasteiger partial charge >= 0.3 is 0 Å². The second-order valence-corrected chi connectivity index (χ2v) is 8.71. The highest BCUT2D eigenvalue weighted by molar-refractivity contribution is 9.10. The fraction of sp³-hybridized carbons (Fsp3) is 0.130. The highest BCUT2D eigenvalue weighted by Crippen LogP contribution is 2.40. The molecule has 4 aromatic rings. The SMILES string of the molecule is COc1ccc(N(Cc2ccccc2)C(C)=O)c2sc(NC(=O)c3ccnc(Br)c3)nc12. The lowest BCUT2D eigenvalue weighted by Gasteiger charge is -2.22. The molecule has 0 spiro atoms. The minimum Gasteiger partial charge on any atom is -0.494 e. The van der Waals surface area contributed by atoms with Gasteiger partial charge in [0, 0.05) is 18.7 Å². The van der Waals surface area contributed by atoms with Crippen LogP contribution in [0.1, 0.15) is 22.8 Å². The molecule has 0 bridgehead atoms. The molecule has 0 unspecified atom stereocenters. The normalized spacial score (nSPS) is 10.7. The van der Waals surface area contributed by atoms with E-state index < -0.39 is 0 Å². The number of fused-ring (bicyclic) bond motifs is 1. The van der Waals surface area contributed by atoms with E-state index in [-0.39, 0.29) is 11.8 Å². The van der Waals surface area contributed by atoms with Gasteiger partial charge in [-0.05, 0) is 45.8 Å². The zero-order valence-corrected chi connectivity index (χ0v) is 19.7. The summed E-state index contributed by atoms with van der Waals surface area (Å²) in [6, 6.07) is 16.6. The molecule has 2 aromatic carbocycles. The van der Waals surface area contributed by atoms with Crippen molar-refractivity contribution in [2.24, 2.45) is 0 Å². The van der Waals surface area contributed by atoms with E-state index in [1.165, 1.54) is 18.3 Å². The fourth-order valence-electron chi connectivity index (χ4n) is 3.25. The molecule has 32 heavy (non-hydrogen) atoms. The number of benzene rings is 2. The summed E-state index contributed by atoms with van der Waals surface area (Å²) in [5.41, 5.74) is 2.75. The molecule has 2 amide bonds. The molecular formula is C23H19BrN4O3S. The van der Waals surface area contributed by atoms with Crippen molar-refractivity contribution in [3.05, 3.63) is 76.5 Å². The molecule has 2 heterocycles. The molecule has 0 saturated heterocycles. The average molecular weight is 511 g/mol. The van der Waals surface area contributed by atoms with Gasteiger partial charge in [-0.15, -0.1) is 0 Å². The van der Waals surface area contributed by atoms with Gasteiger partial charge in [0.05, 0.1) is 24.0 Å². The summed E-state index contributed by atoms with van der Waals surface area (Å²) in [5, 5.41) is 3.24. The molecule has 9 heteroatoms. The predicted octanol–water partition coefficient (Wildman–Crippen LogP) is 5.27. The Balaban J connectivity index is 1.73. The van der Waals surface area contributed by atoms with E-state index in [1.54, 1.807) is 36.4 Å². The predicted molar refractivity (Wildman–Crippen MR) is 129 cm³/mol. The summed E-state index contributed by atoms with van der Waals surface area (Å²) in [6.45, 7) is 1.95. The van der Waals surface area contributed by atoms with E-state index in [0.717, 1.165) is 10.3 Å². The van der Waals surface area contributed by atoms with Crippen LogP contribution in [0.5, 0.6) is 5.75 Å². The van der Waals surface area contributed by atoms with Gasteiger partial charge < -0.3 is 9.64 Å². The van der Waals surface area contributed by atoms with Crippen LogP contribution in [-0.2, 0) is 11.3 Å². The van der Waals surface area contributed by atoms with Crippen molar-refractivity contribution in [2.45, 2.75) is 13.5 Å². The van der Waals surface area contributed by atoms with E-state index in [1.807, 2.05) is 36.4 Å². The van der Waals surface area contributed by atoms with Crippen LogP contribution in [-0.4, -0.2) is 28.9 Å². The van der Waals surface area contributed by atoms with E-state index in [4.69, 9.17) is 4.74 Å². The van der Waals surface area contributed by atoms with Crippen LogP contribution in [0, 0.1) is 0 Å². The summed E-state index contributed by atoms with van der Waals surface area (Å²) in [4.78, 5) is 35.5. The number of pyridine rings is 1. The van der Waals surface area contributed by atoms with Crippen molar-refractivity contribution in [3.63, 3.8) is 0 Å². The number of nitrogens with zero attached hydrogens (tertiary/aromatic N) is 3. The lowest BCUT2D eigenvalue weighted by molar-refractivity contribution is -0.116. The maximum Gasteiger partial charge on any atom is 0.257 e. The lowest BCUT2D eigenvalue weighted by Crippen LogP contribution is -2.27. The molecule has 1 N–H and O–H groups in total. The maximum atomic E-state index is 12.7. The van der Waals surface area contributed by atoms with Crippen molar-refractivity contribution in [1.29, 1.82) is 0 Å².